The van der Waals surface area contributed by atoms with Gasteiger partial charge in [0.2, 0.25) is 0 Å². The fraction of sp³-hybridized carbons (Fsp3) is 0.207. The Labute approximate surface area is 417 Å². The average Bonchev–Trinajstić information content (AvgIpc) is 3.41. The molecule has 6 rings (SSSR count). The Morgan fingerprint density at radius 2 is 0.708 bits per heavy atom. The second-order valence-electron chi connectivity index (χ2n) is 15.9. The van der Waals surface area contributed by atoms with E-state index in [1.54, 1.807) is 54.6 Å². The van der Waals surface area contributed by atoms with E-state index in [4.69, 9.17) is 37.9 Å². The van der Waals surface area contributed by atoms with Crippen LogP contribution in [-0.4, -0.2) is 62.2 Å². The zero-order chi connectivity index (χ0) is 50.9. The van der Waals surface area contributed by atoms with Crippen LogP contribution in [0.3, 0.4) is 0 Å². The van der Waals surface area contributed by atoms with Gasteiger partial charge in [0, 0.05) is 17.7 Å². The molecule has 0 heterocycles. The summed E-state index contributed by atoms with van der Waals surface area (Å²) in [5, 5.41) is 0. The van der Waals surface area contributed by atoms with Gasteiger partial charge in [-0.1, -0.05) is 43.5 Å². The van der Waals surface area contributed by atoms with Gasteiger partial charge < -0.3 is 37.9 Å². The molecule has 0 saturated carbocycles. The Balaban J connectivity index is 0.958. The van der Waals surface area contributed by atoms with Gasteiger partial charge in [-0.15, -0.1) is 0 Å². The molecule has 0 N–H and O–H groups in total. The fourth-order valence-electron chi connectivity index (χ4n) is 6.81. The molecule has 14 nitrogen and oxygen atoms in total. The number of esters is 6. The fourth-order valence-corrected chi connectivity index (χ4v) is 6.81. The van der Waals surface area contributed by atoms with E-state index in [2.05, 4.69) is 13.2 Å². The third-order valence-electron chi connectivity index (χ3n) is 10.7. The summed E-state index contributed by atoms with van der Waals surface area (Å²) >= 11 is 0. The Morgan fingerprint density at radius 1 is 0.361 bits per heavy atom. The molecule has 370 valence electrons. The molecule has 0 radical (unpaired) electrons. The smallest absolute Gasteiger partial charge is 0.343 e. The molecule has 14 heteroatoms. The molecule has 0 saturated heterocycles. The molecule has 0 aliphatic heterocycles. The van der Waals surface area contributed by atoms with Gasteiger partial charge in [-0.3, -0.25) is 0 Å². The van der Waals surface area contributed by atoms with E-state index in [9.17, 15) is 28.8 Å². The van der Waals surface area contributed by atoms with Crippen LogP contribution < -0.4 is 28.4 Å². The van der Waals surface area contributed by atoms with Crippen LogP contribution in [0.15, 0.2) is 171 Å². The van der Waals surface area contributed by atoms with E-state index >= 15 is 0 Å². The number of ether oxygens (including phenoxy) is 8. The summed E-state index contributed by atoms with van der Waals surface area (Å²) in [7, 11) is 0. The minimum atomic E-state index is -0.673. The summed E-state index contributed by atoms with van der Waals surface area (Å²) < 4.78 is 44.1. The van der Waals surface area contributed by atoms with Crippen molar-refractivity contribution in [3.05, 3.63) is 193 Å². The molecule has 6 aromatic rings. The highest BCUT2D eigenvalue weighted by molar-refractivity contribution is 5.95. The summed E-state index contributed by atoms with van der Waals surface area (Å²) in [6.07, 6.45) is 9.09. The maximum atomic E-state index is 13.4. The van der Waals surface area contributed by atoms with E-state index in [0.29, 0.717) is 60.2 Å². The van der Waals surface area contributed by atoms with Gasteiger partial charge in [0.25, 0.3) is 0 Å². The zero-order valence-corrected chi connectivity index (χ0v) is 39.6. The van der Waals surface area contributed by atoms with E-state index in [0.717, 1.165) is 63.5 Å². The van der Waals surface area contributed by atoms with Crippen LogP contribution in [0.1, 0.15) is 92.8 Å². The lowest BCUT2D eigenvalue weighted by Gasteiger charge is -2.13. The standard InChI is InChI=1S/C58H54O14/c1-3-53(59)67-38-14-7-5-12-36-65-46-26-18-42(19-27-46)55(61)69-48-30-22-44(23-31-48)57(63)71-50-34-35-52(51(40-50)41-16-10-9-11-17-41)72-58(64)45-24-32-49(33-25-45)70-56(62)43-20-28-47(29-21-43)66-37-13-6-8-15-39-68-54(60)4-2/h3-4,9-11,16-35,40H,1-2,5-8,12-15,36-39H2. The maximum Gasteiger partial charge on any atom is 0.343 e. The van der Waals surface area contributed by atoms with E-state index in [1.165, 1.54) is 60.7 Å². The molecular formula is C58H54O14. The van der Waals surface area contributed by atoms with Gasteiger partial charge in [0.1, 0.15) is 34.5 Å². The van der Waals surface area contributed by atoms with Gasteiger partial charge in [-0.2, -0.15) is 0 Å². The minimum Gasteiger partial charge on any atom is -0.494 e. The quantitative estimate of drug-likeness (QED) is 0.0206. The highest BCUT2D eigenvalue weighted by atomic mass is 16.6. The zero-order valence-electron chi connectivity index (χ0n) is 39.6. The van der Waals surface area contributed by atoms with Crippen LogP contribution in [0.2, 0.25) is 0 Å². The third-order valence-corrected chi connectivity index (χ3v) is 10.7. The van der Waals surface area contributed by atoms with Crippen LogP contribution in [-0.2, 0) is 19.1 Å². The monoisotopic (exact) mass is 974 g/mol. The van der Waals surface area contributed by atoms with Crippen LogP contribution >= 0.6 is 0 Å². The Bertz CT molecular complexity index is 2760. The second-order valence-corrected chi connectivity index (χ2v) is 15.9. The van der Waals surface area contributed by atoms with Crippen molar-refractivity contribution in [2.24, 2.45) is 0 Å². The molecule has 0 atom stereocenters. The second kappa shape index (κ2) is 28.0. The predicted octanol–water partition coefficient (Wildman–Crippen LogP) is 11.6. The van der Waals surface area contributed by atoms with Crippen molar-refractivity contribution >= 4 is 35.8 Å². The summed E-state index contributed by atoms with van der Waals surface area (Å²) in [5.74, 6) is -1.30. The van der Waals surface area contributed by atoms with Gasteiger partial charge in [0.15, 0.2) is 0 Å². The SMILES string of the molecule is C=CC(=O)OCCCCCCOc1ccc(C(=O)Oc2ccc(C(=O)Oc3ccc(OC(=O)c4ccc(OC(=O)c5ccc(OCCCCCCOC(=O)C=C)cc5)cc4)c(-c4ccccc4)c3)cc2)cc1. The minimum absolute atomic E-state index is 0.188. The predicted molar refractivity (Wildman–Crippen MR) is 268 cm³/mol. The van der Waals surface area contributed by atoms with Crippen molar-refractivity contribution in [2.45, 2.75) is 51.4 Å². The summed E-state index contributed by atoms with van der Waals surface area (Å²) in [4.78, 5) is 74.6. The first kappa shape index (κ1) is 52.6. The van der Waals surface area contributed by atoms with Crippen molar-refractivity contribution < 1.29 is 66.7 Å². The lowest BCUT2D eigenvalue weighted by atomic mass is 10.0. The molecule has 0 aromatic heterocycles. The molecule has 0 bridgehead atoms. The van der Waals surface area contributed by atoms with Gasteiger partial charge in [0.05, 0.1) is 48.7 Å². The lowest BCUT2D eigenvalue weighted by molar-refractivity contribution is -0.138. The topological polar surface area (TPSA) is 176 Å². The lowest BCUT2D eigenvalue weighted by Crippen LogP contribution is -2.11. The normalized spacial score (nSPS) is 10.5. The summed E-state index contributed by atoms with van der Waals surface area (Å²) in [5.41, 5.74) is 2.20. The Hall–Kier alpha value is -8.78. The van der Waals surface area contributed by atoms with Crippen LogP contribution in [0.5, 0.6) is 34.5 Å². The highest BCUT2D eigenvalue weighted by Crippen LogP contribution is 2.35. The molecule has 0 aliphatic rings. The van der Waals surface area contributed by atoms with Crippen molar-refractivity contribution in [2.75, 3.05) is 26.4 Å². The van der Waals surface area contributed by atoms with E-state index < -0.39 is 35.8 Å². The Kier molecular flexibility index (Phi) is 20.5. The largest absolute Gasteiger partial charge is 0.494 e. The number of unbranched alkanes of at least 4 members (excludes halogenated alkanes) is 6. The van der Waals surface area contributed by atoms with Crippen LogP contribution in [0, 0.1) is 0 Å². The van der Waals surface area contributed by atoms with Crippen molar-refractivity contribution in [1.29, 1.82) is 0 Å². The molecule has 6 aromatic carbocycles. The third kappa shape index (κ3) is 17.0. The molecule has 0 spiro atoms. The van der Waals surface area contributed by atoms with E-state index in [-0.39, 0.29) is 34.1 Å². The van der Waals surface area contributed by atoms with Gasteiger partial charge in [-0.05, 0) is 172 Å². The number of benzene rings is 6. The van der Waals surface area contributed by atoms with Gasteiger partial charge in [-0.25, -0.2) is 28.8 Å². The first-order chi connectivity index (χ1) is 35.1. The number of hydrogen-bond donors (Lipinski definition) is 0. The van der Waals surface area contributed by atoms with Gasteiger partial charge >= 0.3 is 35.8 Å². The highest BCUT2D eigenvalue weighted by Gasteiger charge is 2.18. The number of hydrogen-bond acceptors (Lipinski definition) is 14. The van der Waals surface area contributed by atoms with Crippen LogP contribution in [0.25, 0.3) is 11.1 Å². The first-order valence-electron chi connectivity index (χ1n) is 23.4. The molecule has 0 unspecified atom stereocenters. The van der Waals surface area contributed by atoms with Crippen molar-refractivity contribution in [3.63, 3.8) is 0 Å². The summed E-state index contributed by atoms with van der Waals surface area (Å²) in [6.45, 7) is 8.46. The van der Waals surface area contributed by atoms with Crippen LogP contribution in [0.4, 0.5) is 0 Å². The number of carbonyl (C=O) groups excluding carboxylic acids is 6. The van der Waals surface area contributed by atoms with E-state index in [1.807, 2.05) is 30.3 Å². The van der Waals surface area contributed by atoms with Crippen molar-refractivity contribution in [1.82, 2.24) is 0 Å². The molecule has 0 aliphatic carbocycles. The molecule has 72 heavy (non-hydrogen) atoms. The number of rotatable bonds is 27. The first-order valence-corrected chi connectivity index (χ1v) is 23.4. The number of carbonyl (C=O) groups is 6. The summed E-state index contributed by atoms with van der Waals surface area (Å²) in [6, 6.07) is 38.8. The Morgan fingerprint density at radius 3 is 1.11 bits per heavy atom. The molecule has 0 fully saturated rings. The molecule has 0 amide bonds. The van der Waals surface area contributed by atoms with Crippen molar-refractivity contribution in [3.8, 4) is 45.6 Å². The molecular weight excluding hydrogens is 921 g/mol. The maximum absolute atomic E-state index is 13.4. The average molecular weight is 975 g/mol.